The van der Waals surface area contributed by atoms with Crippen molar-refractivity contribution in [1.82, 2.24) is 14.3 Å². The van der Waals surface area contributed by atoms with Gasteiger partial charge in [-0.3, -0.25) is 0 Å². The summed E-state index contributed by atoms with van der Waals surface area (Å²) < 4.78 is 32.9. The van der Waals surface area contributed by atoms with Crippen LogP contribution in [-0.2, 0) is 14.9 Å². The van der Waals surface area contributed by atoms with E-state index in [0.29, 0.717) is 25.6 Å². The molecule has 0 spiro atoms. The summed E-state index contributed by atoms with van der Waals surface area (Å²) >= 11 is 0. The highest BCUT2D eigenvalue weighted by atomic mass is 32.2. The molecule has 0 radical (unpaired) electrons. The van der Waals surface area contributed by atoms with Gasteiger partial charge in [0, 0.05) is 33.3 Å². The Balaban J connectivity index is 2.52. The van der Waals surface area contributed by atoms with Crippen LogP contribution in [0, 0.1) is 5.92 Å². The van der Waals surface area contributed by atoms with E-state index in [9.17, 15) is 8.42 Å². The zero-order valence-corrected chi connectivity index (χ0v) is 11.6. The maximum absolute atomic E-state index is 12.0. The molecule has 0 aliphatic carbocycles. The minimum Gasteiger partial charge on any atom is -0.383 e. The second-order valence-corrected chi connectivity index (χ2v) is 6.32. The van der Waals surface area contributed by atoms with E-state index in [4.69, 9.17) is 4.74 Å². The fraction of sp³-hybridized carbons (Fsp3) is 1.00. The Labute approximate surface area is 104 Å². The van der Waals surface area contributed by atoms with Crippen LogP contribution in [0.1, 0.15) is 13.3 Å². The number of nitrogens with zero attached hydrogens (tertiary/aromatic N) is 1. The van der Waals surface area contributed by atoms with Gasteiger partial charge in [-0.1, -0.05) is 6.92 Å². The SMILES string of the molecule is COCCN(C)S(=O)(=O)NC1CNCCC1C. The van der Waals surface area contributed by atoms with Gasteiger partial charge in [-0.05, 0) is 18.9 Å². The Morgan fingerprint density at radius 3 is 2.82 bits per heavy atom. The van der Waals surface area contributed by atoms with E-state index in [-0.39, 0.29) is 6.04 Å². The molecule has 0 aromatic heterocycles. The van der Waals surface area contributed by atoms with Gasteiger partial charge >= 0.3 is 0 Å². The molecular formula is C10H23N3O3S. The number of piperidine rings is 1. The molecule has 0 amide bonds. The molecule has 0 saturated carbocycles. The van der Waals surface area contributed by atoms with E-state index in [1.54, 1.807) is 14.2 Å². The monoisotopic (exact) mass is 265 g/mol. The standard InChI is InChI=1S/C10H23N3O3S/c1-9-4-5-11-8-10(9)12-17(14,15)13(2)6-7-16-3/h9-12H,4-8H2,1-3H3. The molecule has 17 heavy (non-hydrogen) atoms. The van der Waals surface area contributed by atoms with Gasteiger partial charge in [0.15, 0.2) is 0 Å². The van der Waals surface area contributed by atoms with Crippen LogP contribution in [0.25, 0.3) is 0 Å². The van der Waals surface area contributed by atoms with Crippen LogP contribution >= 0.6 is 0 Å². The highest BCUT2D eigenvalue weighted by molar-refractivity contribution is 7.87. The van der Waals surface area contributed by atoms with Crippen LogP contribution in [0.2, 0.25) is 0 Å². The topological polar surface area (TPSA) is 70.7 Å². The van der Waals surface area contributed by atoms with Crippen molar-refractivity contribution in [3.05, 3.63) is 0 Å². The maximum atomic E-state index is 12.0. The average molecular weight is 265 g/mol. The van der Waals surface area contributed by atoms with Crippen molar-refractivity contribution in [2.75, 3.05) is 40.4 Å². The van der Waals surface area contributed by atoms with E-state index in [0.717, 1.165) is 13.0 Å². The molecule has 1 rings (SSSR count). The highest BCUT2D eigenvalue weighted by Gasteiger charge is 2.27. The van der Waals surface area contributed by atoms with Crippen LogP contribution in [0.15, 0.2) is 0 Å². The van der Waals surface area contributed by atoms with Crippen molar-refractivity contribution in [3.63, 3.8) is 0 Å². The molecule has 1 aliphatic heterocycles. The zero-order chi connectivity index (χ0) is 12.9. The van der Waals surface area contributed by atoms with Crippen LogP contribution < -0.4 is 10.0 Å². The number of ether oxygens (including phenoxy) is 1. The lowest BCUT2D eigenvalue weighted by atomic mass is 9.96. The largest absolute Gasteiger partial charge is 0.383 e. The van der Waals surface area contributed by atoms with Crippen molar-refractivity contribution < 1.29 is 13.2 Å². The zero-order valence-electron chi connectivity index (χ0n) is 10.8. The number of methoxy groups -OCH3 is 1. The molecule has 2 atom stereocenters. The lowest BCUT2D eigenvalue weighted by molar-refractivity contribution is 0.184. The van der Waals surface area contributed by atoms with Crippen molar-refractivity contribution in [2.45, 2.75) is 19.4 Å². The Hall–Kier alpha value is -0.210. The Morgan fingerprint density at radius 1 is 1.53 bits per heavy atom. The summed E-state index contributed by atoms with van der Waals surface area (Å²) in [6, 6.07) is -0.0289. The molecule has 2 unspecified atom stereocenters. The van der Waals surface area contributed by atoms with Crippen LogP contribution in [-0.4, -0.2) is 59.2 Å². The molecule has 0 aromatic rings. The van der Waals surface area contributed by atoms with Crippen molar-refractivity contribution in [3.8, 4) is 0 Å². The van der Waals surface area contributed by atoms with Crippen LogP contribution in [0.3, 0.4) is 0 Å². The number of hydrogen-bond acceptors (Lipinski definition) is 4. The quantitative estimate of drug-likeness (QED) is 0.672. The summed E-state index contributed by atoms with van der Waals surface area (Å²) in [4.78, 5) is 0. The van der Waals surface area contributed by atoms with Gasteiger partial charge < -0.3 is 10.1 Å². The second-order valence-electron chi connectivity index (χ2n) is 4.51. The molecule has 1 heterocycles. The third kappa shape index (κ3) is 4.51. The summed E-state index contributed by atoms with van der Waals surface area (Å²) in [7, 11) is -0.287. The minimum atomic E-state index is -3.40. The first-order chi connectivity index (χ1) is 7.97. The summed E-state index contributed by atoms with van der Waals surface area (Å²) in [5.41, 5.74) is 0. The number of rotatable bonds is 6. The summed E-state index contributed by atoms with van der Waals surface area (Å²) in [5.74, 6) is 0.363. The van der Waals surface area contributed by atoms with E-state index in [1.165, 1.54) is 4.31 Å². The summed E-state index contributed by atoms with van der Waals surface area (Å²) in [5, 5.41) is 3.20. The van der Waals surface area contributed by atoms with Crippen molar-refractivity contribution >= 4 is 10.2 Å². The molecule has 2 N–H and O–H groups in total. The highest BCUT2D eigenvalue weighted by Crippen LogP contribution is 2.12. The fourth-order valence-corrected chi connectivity index (χ4v) is 2.96. The van der Waals surface area contributed by atoms with Gasteiger partial charge in [-0.2, -0.15) is 17.4 Å². The Bertz CT molecular complexity index is 321. The molecule has 1 aliphatic rings. The molecule has 102 valence electrons. The average Bonchev–Trinajstić information content (AvgIpc) is 2.28. The van der Waals surface area contributed by atoms with E-state index in [2.05, 4.69) is 17.0 Å². The van der Waals surface area contributed by atoms with Gasteiger partial charge in [-0.25, -0.2) is 0 Å². The normalized spacial score (nSPS) is 26.4. The van der Waals surface area contributed by atoms with Crippen LogP contribution in [0.5, 0.6) is 0 Å². The Morgan fingerprint density at radius 2 is 2.24 bits per heavy atom. The van der Waals surface area contributed by atoms with Gasteiger partial charge in [0.25, 0.3) is 10.2 Å². The number of hydrogen-bond donors (Lipinski definition) is 2. The molecule has 7 heteroatoms. The fourth-order valence-electron chi connectivity index (χ4n) is 1.77. The third-order valence-electron chi connectivity index (χ3n) is 3.15. The van der Waals surface area contributed by atoms with Gasteiger partial charge in [0.1, 0.15) is 0 Å². The molecule has 1 saturated heterocycles. The number of likely N-dealkylation sites (N-methyl/N-ethyl adjacent to an activating group) is 1. The van der Waals surface area contributed by atoms with Gasteiger partial charge in [0.2, 0.25) is 0 Å². The number of nitrogens with one attached hydrogen (secondary N) is 2. The first kappa shape index (κ1) is 14.8. The van der Waals surface area contributed by atoms with E-state index >= 15 is 0 Å². The predicted molar refractivity (Wildman–Crippen MR) is 67.0 cm³/mol. The molecule has 0 aromatic carbocycles. The van der Waals surface area contributed by atoms with Gasteiger partial charge in [0.05, 0.1) is 6.61 Å². The first-order valence-electron chi connectivity index (χ1n) is 5.90. The smallest absolute Gasteiger partial charge is 0.279 e. The third-order valence-corrected chi connectivity index (χ3v) is 4.75. The van der Waals surface area contributed by atoms with Crippen molar-refractivity contribution in [1.29, 1.82) is 0 Å². The molecule has 1 fully saturated rings. The lowest BCUT2D eigenvalue weighted by Crippen LogP contribution is -2.53. The second kappa shape index (κ2) is 6.65. The lowest BCUT2D eigenvalue weighted by Gasteiger charge is -2.31. The first-order valence-corrected chi connectivity index (χ1v) is 7.34. The molecular weight excluding hydrogens is 242 g/mol. The predicted octanol–water partition coefficient (Wildman–Crippen LogP) is -0.603. The Kier molecular flexibility index (Phi) is 5.81. The molecule has 6 nitrogen and oxygen atoms in total. The van der Waals surface area contributed by atoms with Crippen molar-refractivity contribution in [2.24, 2.45) is 5.92 Å². The van der Waals surface area contributed by atoms with Gasteiger partial charge in [-0.15, -0.1) is 0 Å². The summed E-state index contributed by atoms with van der Waals surface area (Å²) in [6.45, 7) is 4.48. The van der Waals surface area contributed by atoms with Crippen LogP contribution in [0.4, 0.5) is 0 Å². The van der Waals surface area contributed by atoms with E-state index < -0.39 is 10.2 Å². The summed E-state index contributed by atoms with van der Waals surface area (Å²) in [6.07, 6.45) is 0.995. The van der Waals surface area contributed by atoms with E-state index in [1.807, 2.05) is 0 Å². The molecule has 0 bridgehead atoms. The minimum absolute atomic E-state index is 0.0289. The maximum Gasteiger partial charge on any atom is 0.279 e.